The van der Waals surface area contributed by atoms with Crippen LogP contribution in [-0.2, 0) is 7.05 Å². The van der Waals surface area contributed by atoms with Crippen molar-refractivity contribution < 1.29 is 5.11 Å². The van der Waals surface area contributed by atoms with Gasteiger partial charge >= 0.3 is 0 Å². The third-order valence-corrected chi connectivity index (χ3v) is 3.20. The van der Waals surface area contributed by atoms with Crippen molar-refractivity contribution >= 4 is 0 Å². The molecule has 1 aromatic heterocycles. The van der Waals surface area contributed by atoms with Gasteiger partial charge in [-0.15, -0.1) is 0 Å². The van der Waals surface area contributed by atoms with Gasteiger partial charge in [0.25, 0.3) is 0 Å². The summed E-state index contributed by atoms with van der Waals surface area (Å²) in [7, 11) is 1.95. The van der Waals surface area contributed by atoms with Gasteiger partial charge in [0, 0.05) is 38.0 Å². The number of aromatic nitrogens is 2. The van der Waals surface area contributed by atoms with Crippen molar-refractivity contribution in [2.24, 2.45) is 13.0 Å². The monoisotopic (exact) mass is 209 g/mol. The minimum absolute atomic E-state index is 0.297. The Morgan fingerprint density at radius 2 is 2.40 bits per heavy atom. The average Bonchev–Trinajstić information content (AvgIpc) is 2.58. The third-order valence-electron chi connectivity index (χ3n) is 3.20. The molecule has 84 valence electrons. The zero-order valence-corrected chi connectivity index (χ0v) is 9.40. The van der Waals surface area contributed by atoms with Crippen molar-refractivity contribution in [3.8, 4) is 0 Å². The van der Waals surface area contributed by atoms with E-state index >= 15 is 0 Å². The zero-order valence-electron chi connectivity index (χ0n) is 9.40. The van der Waals surface area contributed by atoms with E-state index < -0.39 is 0 Å². The molecule has 0 saturated carbocycles. The summed E-state index contributed by atoms with van der Waals surface area (Å²) in [5.41, 5.74) is 2.41. The van der Waals surface area contributed by atoms with Crippen LogP contribution in [0.4, 0.5) is 0 Å². The van der Waals surface area contributed by atoms with Gasteiger partial charge in [-0.2, -0.15) is 5.10 Å². The fraction of sp³-hybridized carbons (Fsp3) is 0.727. The van der Waals surface area contributed by atoms with Crippen LogP contribution in [0.25, 0.3) is 0 Å². The first-order valence-electron chi connectivity index (χ1n) is 5.55. The van der Waals surface area contributed by atoms with Crippen LogP contribution in [0, 0.1) is 12.8 Å². The summed E-state index contributed by atoms with van der Waals surface area (Å²) in [5.74, 6) is 0.429. The van der Waals surface area contributed by atoms with Crippen molar-refractivity contribution in [1.82, 2.24) is 15.1 Å². The van der Waals surface area contributed by atoms with E-state index in [9.17, 15) is 0 Å². The van der Waals surface area contributed by atoms with Crippen LogP contribution in [-0.4, -0.2) is 28.0 Å². The van der Waals surface area contributed by atoms with Crippen molar-refractivity contribution in [2.45, 2.75) is 25.8 Å². The van der Waals surface area contributed by atoms with Gasteiger partial charge in [-0.05, 0) is 25.7 Å². The molecule has 2 heterocycles. The molecule has 2 unspecified atom stereocenters. The minimum atomic E-state index is 0.297. The summed E-state index contributed by atoms with van der Waals surface area (Å²) in [6.45, 7) is 3.26. The number of aliphatic hydroxyl groups excluding tert-OH is 1. The van der Waals surface area contributed by atoms with Crippen LogP contribution >= 0.6 is 0 Å². The molecule has 4 nitrogen and oxygen atoms in total. The maximum absolute atomic E-state index is 9.05. The van der Waals surface area contributed by atoms with Gasteiger partial charge in [0.05, 0.1) is 5.69 Å². The first kappa shape index (κ1) is 10.6. The molecule has 15 heavy (non-hydrogen) atoms. The van der Waals surface area contributed by atoms with Gasteiger partial charge in [-0.3, -0.25) is 4.68 Å². The Bertz CT molecular complexity index is 327. The quantitative estimate of drug-likeness (QED) is 0.756. The van der Waals surface area contributed by atoms with Crippen LogP contribution < -0.4 is 5.32 Å². The van der Waals surface area contributed by atoms with E-state index in [1.165, 1.54) is 5.56 Å². The van der Waals surface area contributed by atoms with Crippen LogP contribution in [0.1, 0.15) is 30.1 Å². The lowest BCUT2D eigenvalue weighted by molar-refractivity contribution is 0.183. The van der Waals surface area contributed by atoms with Crippen molar-refractivity contribution in [2.75, 3.05) is 13.2 Å². The van der Waals surface area contributed by atoms with Crippen LogP contribution in [0.3, 0.4) is 0 Å². The third kappa shape index (κ3) is 2.21. The number of rotatable bonds is 2. The molecule has 1 aromatic rings. The highest BCUT2D eigenvalue weighted by atomic mass is 16.3. The second-order valence-electron chi connectivity index (χ2n) is 4.43. The van der Waals surface area contributed by atoms with E-state index in [4.69, 9.17) is 5.11 Å². The number of nitrogens with zero attached hydrogens (tertiary/aromatic N) is 2. The van der Waals surface area contributed by atoms with Gasteiger partial charge < -0.3 is 10.4 Å². The number of nitrogens with one attached hydrogen (secondary N) is 1. The van der Waals surface area contributed by atoms with Gasteiger partial charge in [-0.1, -0.05) is 0 Å². The van der Waals surface area contributed by atoms with E-state index in [0.29, 0.717) is 18.6 Å². The molecule has 2 N–H and O–H groups in total. The summed E-state index contributed by atoms with van der Waals surface area (Å²) in [5, 5.41) is 16.9. The Morgan fingerprint density at radius 3 is 2.87 bits per heavy atom. The number of aliphatic hydroxyl groups is 1. The van der Waals surface area contributed by atoms with E-state index in [0.717, 1.165) is 25.1 Å². The van der Waals surface area contributed by atoms with Crippen LogP contribution in [0.2, 0.25) is 0 Å². The lowest BCUT2D eigenvalue weighted by atomic mass is 9.92. The van der Waals surface area contributed by atoms with Gasteiger partial charge in [0.15, 0.2) is 0 Å². The lowest BCUT2D eigenvalue weighted by Gasteiger charge is -2.28. The molecule has 1 saturated heterocycles. The van der Waals surface area contributed by atoms with Crippen LogP contribution in [0.5, 0.6) is 0 Å². The van der Waals surface area contributed by atoms with Crippen molar-refractivity contribution in [1.29, 1.82) is 0 Å². The summed E-state index contributed by atoms with van der Waals surface area (Å²) in [6, 6.07) is 0.418. The fourth-order valence-electron chi connectivity index (χ4n) is 2.30. The Kier molecular flexibility index (Phi) is 3.07. The van der Waals surface area contributed by atoms with E-state index in [2.05, 4.69) is 23.5 Å². The first-order valence-corrected chi connectivity index (χ1v) is 5.55. The smallest absolute Gasteiger partial charge is 0.0641 e. The summed E-state index contributed by atoms with van der Waals surface area (Å²) in [6.07, 6.45) is 4.28. The first-order chi connectivity index (χ1) is 7.20. The molecular weight excluding hydrogens is 190 g/mol. The van der Waals surface area contributed by atoms with Gasteiger partial charge in [-0.25, -0.2) is 0 Å². The average molecular weight is 209 g/mol. The van der Waals surface area contributed by atoms with Crippen molar-refractivity contribution in [3.05, 3.63) is 17.5 Å². The molecule has 0 radical (unpaired) electrons. The standard InChI is InChI=1S/C11H19N3O/c1-8-10(6-14(2)13-8)11-4-3-9(7-15)5-12-11/h6,9,11-12,15H,3-5,7H2,1-2H3. The Hall–Kier alpha value is -0.870. The summed E-state index contributed by atoms with van der Waals surface area (Å²) >= 11 is 0. The topological polar surface area (TPSA) is 50.1 Å². The van der Waals surface area contributed by atoms with E-state index in [1.807, 2.05) is 11.7 Å². The molecule has 2 rings (SSSR count). The predicted molar refractivity (Wildman–Crippen MR) is 58.5 cm³/mol. The highest BCUT2D eigenvalue weighted by molar-refractivity contribution is 5.20. The molecule has 1 aliphatic heterocycles. The molecule has 1 fully saturated rings. The molecule has 0 aromatic carbocycles. The number of hydrogen-bond acceptors (Lipinski definition) is 3. The fourth-order valence-corrected chi connectivity index (χ4v) is 2.30. The van der Waals surface area contributed by atoms with E-state index in [1.54, 1.807) is 0 Å². The lowest BCUT2D eigenvalue weighted by Crippen LogP contribution is -2.34. The summed E-state index contributed by atoms with van der Waals surface area (Å²) in [4.78, 5) is 0. The SMILES string of the molecule is Cc1nn(C)cc1C1CCC(CO)CN1. The van der Waals surface area contributed by atoms with Crippen LogP contribution in [0.15, 0.2) is 6.20 Å². The molecule has 0 bridgehead atoms. The highest BCUT2D eigenvalue weighted by Gasteiger charge is 2.23. The Balaban J connectivity index is 2.04. The largest absolute Gasteiger partial charge is 0.396 e. The predicted octanol–water partition coefficient (Wildman–Crippen LogP) is 0.762. The number of piperidine rings is 1. The molecular formula is C11H19N3O. The molecule has 2 atom stereocenters. The molecule has 0 aliphatic carbocycles. The Morgan fingerprint density at radius 1 is 1.60 bits per heavy atom. The zero-order chi connectivity index (χ0) is 10.8. The van der Waals surface area contributed by atoms with E-state index in [-0.39, 0.29) is 0 Å². The maximum Gasteiger partial charge on any atom is 0.0641 e. The number of hydrogen-bond donors (Lipinski definition) is 2. The van der Waals surface area contributed by atoms with Gasteiger partial charge in [0.1, 0.15) is 0 Å². The maximum atomic E-state index is 9.05. The number of aryl methyl sites for hydroxylation is 2. The normalized spacial score (nSPS) is 26.9. The summed E-state index contributed by atoms with van der Waals surface area (Å²) < 4.78 is 1.87. The molecule has 4 heteroatoms. The second-order valence-corrected chi connectivity index (χ2v) is 4.43. The minimum Gasteiger partial charge on any atom is -0.396 e. The Labute approximate surface area is 90.3 Å². The van der Waals surface area contributed by atoms with Gasteiger partial charge in [0.2, 0.25) is 0 Å². The molecule has 0 spiro atoms. The second kappa shape index (κ2) is 4.33. The molecule has 0 amide bonds. The highest BCUT2D eigenvalue weighted by Crippen LogP contribution is 2.26. The molecule has 1 aliphatic rings. The van der Waals surface area contributed by atoms with Crippen molar-refractivity contribution in [3.63, 3.8) is 0 Å².